The molecule has 7 N–H and O–H groups in total. The molecule has 4 aliphatic rings. The van der Waals surface area contributed by atoms with Crippen molar-refractivity contribution < 1.29 is 29.4 Å². The molecule has 1 aromatic heterocycles. The van der Waals surface area contributed by atoms with E-state index < -0.39 is 52.9 Å². The number of carbonyl (C=O) groups is 4. The van der Waals surface area contributed by atoms with Crippen LogP contribution >= 0.6 is 35.5 Å². The zero-order valence-electron chi connectivity index (χ0n) is 23.6. The maximum absolute atomic E-state index is 13.9. The number of carboxylic acid groups (broad SMARTS) is 1. The monoisotopic (exact) mass is 672 g/mol. The molecule has 18 heteroatoms. The first-order valence-corrected chi connectivity index (χ1v) is 16.4. The van der Waals surface area contributed by atoms with Crippen LogP contribution in [0.4, 0.5) is 10.5 Å². The zero-order chi connectivity index (χ0) is 32.0. The van der Waals surface area contributed by atoms with Crippen LogP contribution in [0.1, 0.15) is 36.2 Å². The molecule has 0 spiro atoms. The fourth-order valence-corrected chi connectivity index (χ4v) is 8.43. The minimum Gasteiger partial charge on any atom is -0.508 e. The normalized spacial score (nSPS) is 23.2. The Morgan fingerprint density at radius 1 is 1.24 bits per heavy atom. The maximum Gasteiger partial charge on any atom is 0.330 e. The van der Waals surface area contributed by atoms with E-state index in [0.717, 1.165) is 22.0 Å². The van der Waals surface area contributed by atoms with E-state index in [-0.39, 0.29) is 22.9 Å². The van der Waals surface area contributed by atoms with Crippen LogP contribution in [0.5, 0.6) is 5.75 Å². The van der Waals surface area contributed by atoms with Crippen LogP contribution in [0.15, 0.2) is 56.7 Å². The Bertz CT molecular complexity index is 1680. The van der Waals surface area contributed by atoms with Gasteiger partial charge in [-0.15, -0.1) is 23.5 Å². The molecule has 4 heterocycles. The van der Waals surface area contributed by atoms with Crippen LogP contribution in [-0.2, 0) is 14.4 Å². The first-order chi connectivity index (χ1) is 21.5. The van der Waals surface area contributed by atoms with Gasteiger partial charge >= 0.3 is 12.0 Å². The number of primary amides is 1. The number of hydrazine groups is 1. The molecule has 3 aliphatic heterocycles. The number of phenols is 1. The molecule has 1 saturated carbocycles. The quantitative estimate of drug-likeness (QED) is 0.156. The molecular formula is C27H28N8O7S3. The number of nitrogens with two attached hydrogens (primary N) is 1. The van der Waals surface area contributed by atoms with E-state index in [1.165, 1.54) is 70.8 Å². The molecule has 6 rings (SSSR count). The summed E-state index contributed by atoms with van der Waals surface area (Å²) in [5.41, 5.74) is 8.51. The van der Waals surface area contributed by atoms with Crippen LogP contribution < -0.4 is 26.9 Å². The Hall–Kier alpha value is -4.13. The molecule has 2 aromatic rings. The van der Waals surface area contributed by atoms with Crippen molar-refractivity contribution in [3.8, 4) is 5.75 Å². The van der Waals surface area contributed by atoms with Gasteiger partial charge in [0.05, 0.1) is 10.4 Å². The third-order valence-electron chi connectivity index (χ3n) is 7.55. The maximum atomic E-state index is 13.9. The number of hydrogen-bond donors (Lipinski definition) is 6. The number of nitrogens with one attached hydrogen (secondary N) is 3. The number of benzene rings is 1. The number of aromatic hydroxyl groups is 1. The van der Waals surface area contributed by atoms with Crippen LogP contribution in [0.2, 0.25) is 0 Å². The number of aliphatic carboxylic acids is 1. The van der Waals surface area contributed by atoms with Crippen molar-refractivity contribution in [3.05, 3.63) is 73.6 Å². The standard InChI is InChI=1S/C27H28N8O7S3/c1-33-30-9-17(45-33)43-10-14-11-44-25-18(24(39)35(25)20(14)26(40)41)31-23(38)19(12-4-6-15(36)7-5-12)34(27(28)42)16-8-29-21(13-2-3-13)32-22(16)37/h4-9,11,13,18-20,25,30,36H,2-3,10H2,1H3,(H2,28,42)(H,31,38)(H,40,41)(H,29,32,37)/t18?,19?,20?,25-/m1/s1. The van der Waals surface area contributed by atoms with Gasteiger partial charge in [-0.3, -0.25) is 19.3 Å². The van der Waals surface area contributed by atoms with Crippen molar-refractivity contribution in [1.82, 2.24) is 30.0 Å². The summed E-state index contributed by atoms with van der Waals surface area (Å²) in [6, 6.07) is 0.381. The molecular weight excluding hydrogens is 645 g/mol. The largest absolute Gasteiger partial charge is 0.508 e. The lowest BCUT2D eigenvalue weighted by atomic mass is 9.97. The van der Waals surface area contributed by atoms with Gasteiger partial charge in [0, 0.05) is 24.9 Å². The lowest BCUT2D eigenvalue weighted by Gasteiger charge is -2.51. The Morgan fingerprint density at radius 3 is 2.58 bits per heavy atom. The van der Waals surface area contributed by atoms with Gasteiger partial charge in [0.15, 0.2) is 6.04 Å². The van der Waals surface area contributed by atoms with Crippen molar-refractivity contribution in [2.75, 3.05) is 17.7 Å². The van der Waals surface area contributed by atoms with Crippen molar-refractivity contribution in [1.29, 1.82) is 0 Å². The fraction of sp³-hybridized carbons (Fsp3) is 0.333. The number of thioether (sulfide) groups is 2. The number of β-lactam (4-membered cyclic amide) rings is 1. The highest BCUT2D eigenvalue weighted by atomic mass is 32.2. The average Bonchev–Trinajstić information content (AvgIpc) is 3.78. The van der Waals surface area contributed by atoms with Crippen molar-refractivity contribution in [3.63, 3.8) is 0 Å². The van der Waals surface area contributed by atoms with Crippen molar-refractivity contribution in [2.45, 2.75) is 42.3 Å². The van der Waals surface area contributed by atoms with Crippen LogP contribution in [0.3, 0.4) is 0 Å². The number of aromatic amines is 1. The molecule has 0 radical (unpaired) electrons. The van der Waals surface area contributed by atoms with Gasteiger partial charge in [0.1, 0.15) is 34.7 Å². The summed E-state index contributed by atoms with van der Waals surface area (Å²) >= 11 is 4.10. The van der Waals surface area contributed by atoms with Crippen LogP contribution in [0.25, 0.3) is 0 Å². The van der Waals surface area contributed by atoms with Gasteiger partial charge in [-0.2, -0.15) is 4.41 Å². The molecule has 4 atom stereocenters. The van der Waals surface area contributed by atoms with Crippen LogP contribution in [-0.4, -0.2) is 83.6 Å². The molecule has 15 nitrogen and oxygen atoms in total. The molecule has 1 saturated heterocycles. The van der Waals surface area contributed by atoms with E-state index in [1.54, 1.807) is 16.0 Å². The summed E-state index contributed by atoms with van der Waals surface area (Å²) < 4.78 is 2.73. The van der Waals surface area contributed by atoms with E-state index in [2.05, 4.69) is 20.7 Å². The van der Waals surface area contributed by atoms with Gasteiger partial charge in [0.25, 0.3) is 5.56 Å². The Balaban J connectivity index is 1.25. The summed E-state index contributed by atoms with van der Waals surface area (Å²) in [6.45, 7) is 0. The predicted octanol–water partition coefficient (Wildman–Crippen LogP) is 1.35. The first kappa shape index (κ1) is 30.9. The number of urea groups is 1. The van der Waals surface area contributed by atoms with Crippen molar-refractivity contribution in [2.24, 2.45) is 5.73 Å². The lowest BCUT2D eigenvalue weighted by molar-refractivity contribution is -0.160. The molecule has 45 heavy (non-hydrogen) atoms. The smallest absolute Gasteiger partial charge is 0.330 e. The second-order valence-electron chi connectivity index (χ2n) is 10.6. The number of hydrogen-bond acceptors (Lipinski definition) is 12. The second-order valence-corrected chi connectivity index (χ2v) is 14.1. The number of rotatable bonds is 10. The summed E-state index contributed by atoms with van der Waals surface area (Å²) in [5.74, 6) is -1.83. The van der Waals surface area contributed by atoms with E-state index in [0.29, 0.717) is 17.2 Å². The number of fused-ring (bicyclic) bond motifs is 1. The molecule has 3 unspecified atom stereocenters. The Morgan fingerprint density at radius 2 is 1.98 bits per heavy atom. The van der Waals surface area contributed by atoms with Gasteiger partial charge in [-0.1, -0.05) is 12.1 Å². The van der Waals surface area contributed by atoms with Gasteiger partial charge in [-0.25, -0.2) is 14.6 Å². The summed E-state index contributed by atoms with van der Waals surface area (Å²) in [5, 5.41) is 23.5. The molecule has 1 aliphatic carbocycles. The number of aromatic nitrogens is 2. The predicted molar refractivity (Wildman–Crippen MR) is 168 cm³/mol. The summed E-state index contributed by atoms with van der Waals surface area (Å²) in [7, 11) is 1.84. The minimum atomic E-state index is -1.53. The summed E-state index contributed by atoms with van der Waals surface area (Å²) in [4.78, 5) is 74.5. The first-order valence-electron chi connectivity index (χ1n) is 13.7. The highest BCUT2D eigenvalue weighted by Gasteiger charge is 2.56. The van der Waals surface area contributed by atoms with E-state index in [4.69, 9.17) is 5.73 Å². The van der Waals surface area contributed by atoms with Crippen LogP contribution in [0, 0.1) is 0 Å². The molecule has 4 amide bonds. The van der Waals surface area contributed by atoms with Gasteiger partial charge in [0.2, 0.25) is 11.8 Å². The van der Waals surface area contributed by atoms with Crippen molar-refractivity contribution >= 4 is 65.0 Å². The number of H-pyrrole nitrogens is 1. The highest BCUT2D eigenvalue weighted by molar-refractivity contribution is 8.21. The third kappa shape index (κ3) is 6.09. The Kier molecular flexibility index (Phi) is 8.47. The average molecular weight is 673 g/mol. The number of anilines is 1. The molecule has 236 valence electrons. The number of nitrogens with zero attached hydrogens (tertiary/aromatic N) is 4. The molecule has 2 fully saturated rings. The third-order valence-corrected chi connectivity index (χ3v) is 10.9. The number of amides is 4. The molecule has 1 aromatic carbocycles. The van der Waals surface area contributed by atoms with E-state index in [9.17, 15) is 34.2 Å². The zero-order valence-corrected chi connectivity index (χ0v) is 26.0. The lowest BCUT2D eigenvalue weighted by Crippen LogP contribution is -2.74. The SMILES string of the molecule is CN1NC=C(SCC2=CS[C@@H]3C(NC(=O)C(c4ccc(O)cc4)N(C(N)=O)c4cnc(C5CC5)[nH]c4=O)C(=O)N3C2C(=O)O)S1. The van der Waals surface area contributed by atoms with E-state index >= 15 is 0 Å². The molecule has 0 bridgehead atoms. The number of carbonyl (C=O) groups excluding carboxylic acids is 3. The Labute approximate surface area is 268 Å². The minimum absolute atomic E-state index is 0.105. The van der Waals surface area contributed by atoms with Gasteiger partial charge in [-0.05, 0) is 53.5 Å². The topological polar surface area (TPSA) is 214 Å². The summed E-state index contributed by atoms with van der Waals surface area (Å²) in [6.07, 6.45) is 4.73. The second kappa shape index (κ2) is 12.3. The van der Waals surface area contributed by atoms with Gasteiger partial charge < -0.3 is 36.6 Å². The van der Waals surface area contributed by atoms with E-state index in [1.807, 2.05) is 7.05 Å². The fourth-order valence-electron chi connectivity index (χ4n) is 5.21. The number of phenolic OH excluding ortho intramolecular Hbond substituents is 1. The highest BCUT2D eigenvalue weighted by Crippen LogP contribution is 2.43. The number of carboxylic acids is 1.